The quantitative estimate of drug-likeness (QED) is 0.338. The Morgan fingerprint density at radius 3 is 2.48 bits per heavy atom. The van der Waals surface area contributed by atoms with Crippen LogP contribution < -0.4 is 11.1 Å². The molecule has 0 bridgehead atoms. The molecule has 2 aliphatic rings. The average Bonchev–Trinajstić information content (AvgIpc) is 3.56. The Morgan fingerprint density at radius 1 is 1.11 bits per heavy atom. The van der Waals surface area contributed by atoms with Crippen LogP contribution in [-0.4, -0.2) is 50.7 Å². The minimum atomic E-state index is -4.83. The number of methoxy groups -OCH3 is 1. The standard InChI is InChI=1S/C32H34F3N7O4/c1-18(2)12-13-31(22-8-6-5-7-9-22)27(44)42(28(36)40-31)19(3)20-10-11-24(32(33,34)35)23(14-20)26(43)41-16-21-15-37-29(38-25(21)17-41)39-30(45)46-4/h5-11,14-15,18-19H,12-13,16-17H2,1-4H3,(H2,36,40)(H,37,38,39,45)/t19-,31-/m1/s1. The van der Waals surface area contributed by atoms with Crippen molar-refractivity contribution in [2.24, 2.45) is 16.6 Å². The highest BCUT2D eigenvalue weighted by Gasteiger charge is 2.50. The molecule has 0 saturated carbocycles. The van der Waals surface area contributed by atoms with Gasteiger partial charge in [0, 0.05) is 18.3 Å². The van der Waals surface area contributed by atoms with Crippen LogP contribution in [0.25, 0.3) is 0 Å². The van der Waals surface area contributed by atoms with Gasteiger partial charge in [-0.3, -0.25) is 19.8 Å². The summed E-state index contributed by atoms with van der Waals surface area (Å²) in [5.74, 6) is -1.11. The van der Waals surface area contributed by atoms with Crippen LogP contribution in [0, 0.1) is 5.92 Å². The molecular weight excluding hydrogens is 603 g/mol. The smallest absolute Gasteiger partial charge is 0.417 e. The number of nitrogens with two attached hydrogens (primary N) is 1. The molecule has 0 radical (unpaired) electrons. The number of alkyl halides is 3. The van der Waals surface area contributed by atoms with E-state index in [4.69, 9.17) is 5.73 Å². The van der Waals surface area contributed by atoms with Crippen molar-refractivity contribution < 1.29 is 32.3 Å². The average molecular weight is 638 g/mol. The second kappa shape index (κ2) is 12.4. The maximum absolute atomic E-state index is 14.2. The molecular formula is C32H34F3N7O4. The molecule has 0 saturated heterocycles. The number of hydrogen-bond acceptors (Lipinski definition) is 8. The summed E-state index contributed by atoms with van der Waals surface area (Å²) >= 11 is 0. The number of fused-ring (bicyclic) bond motifs is 1. The van der Waals surface area contributed by atoms with Gasteiger partial charge >= 0.3 is 12.3 Å². The topological polar surface area (TPSA) is 143 Å². The van der Waals surface area contributed by atoms with E-state index in [1.807, 2.05) is 44.2 Å². The van der Waals surface area contributed by atoms with Crippen molar-refractivity contribution in [2.75, 3.05) is 12.4 Å². The number of nitrogens with one attached hydrogen (secondary N) is 1. The van der Waals surface area contributed by atoms with Crippen LogP contribution >= 0.6 is 0 Å². The van der Waals surface area contributed by atoms with E-state index in [1.165, 1.54) is 29.2 Å². The second-order valence-electron chi connectivity index (χ2n) is 11.7. The van der Waals surface area contributed by atoms with Crippen LogP contribution in [0.5, 0.6) is 0 Å². The minimum absolute atomic E-state index is 0.0383. The molecule has 3 amide bonds. The SMILES string of the molecule is COC(=O)Nc1ncc2c(n1)CN(C(=O)c1cc([C@@H](C)N3C(=O)[C@@](CCC(C)C)(c4ccccc4)N=C3N)ccc1C(F)(F)F)C2. The maximum Gasteiger partial charge on any atom is 0.417 e. The Kier molecular flexibility index (Phi) is 8.74. The van der Waals surface area contributed by atoms with Gasteiger partial charge in [0.25, 0.3) is 11.8 Å². The number of hydrogen-bond donors (Lipinski definition) is 2. The molecule has 0 unspecified atom stereocenters. The number of aliphatic imine (C=N–C) groups is 1. The lowest BCUT2D eigenvalue weighted by Crippen LogP contribution is -2.44. The van der Waals surface area contributed by atoms with E-state index in [1.54, 1.807) is 6.92 Å². The Hall–Kier alpha value is -5.01. The zero-order chi connectivity index (χ0) is 33.4. The summed E-state index contributed by atoms with van der Waals surface area (Å²) in [6.45, 7) is 5.57. The number of guanidine groups is 1. The minimum Gasteiger partial charge on any atom is -0.453 e. The summed E-state index contributed by atoms with van der Waals surface area (Å²) < 4.78 is 47.2. The predicted octanol–water partition coefficient (Wildman–Crippen LogP) is 5.38. The molecule has 14 heteroatoms. The Morgan fingerprint density at radius 2 is 1.83 bits per heavy atom. The molecule has 242 valence electrons. The Labute approximate surface area is 263 Å². The van der Waals surface area contributed by atoms with E-state index in [2.05, 4.69) is 25.0 Å². The summed E-state index contributed by atoms with van der Waals surface area (Å²) in [7, 11) is 1.17. The van der Waals surface area contributed by atoms with Gasteiger partial charge in [0.05, 0.1) is 36.5 Å². The highest BCUT2D eigenvalue weighted by atomic mass is 19.4. The number of ether oxygens (including phenoxy) is 1. The number of rotatable bonds is 8. The van der Waals surface area contributed by atoms with E-state index >= 15 is 0 Å². The monoisotopic (exact) mass is 637 g/mol. The molecule has 11 nitrogen and oxygen atoms in total. The highest BCUT2D eigenvalue weighted by molar-refractivity contribution is 6.07. The van der Waals surface area contributed by atoms with Crippen molar-refractivity contribution in [3.8, 4) is 0 Å². The van der Waals surface area contributed by atoms with Gasteiger partial charge in [0.15, 0.2) is 11.5 Å². The number of nitrogens with zero attached hydrogens (tertiary/aromatic N) is 5. The normalized spacial score (nSPS) is 18.4. The lowest BCUT2D eigenvalue weighted by Gasteiger charge is -2.30. The van der Waals surface area contributed by atoms with Crippen molar-refractivity contribution in [1.82, 2.24) is 19.8 Å². The lowest BCUT2D eigenvalue weighted by atomic mass is 9.83. The van der Waals surface area contributed by atoms with Gasteiger partial charge in [0.2, 0.25) is 5.95 Å². The summed E-state index contributed by atoms with van der Waals surface area (Å²) in [5.41, 5.74) is 5.24. The van der Waals surface area contributed by atoms with E-state index in [9.17, 15) is 27.6 Å². The molecule has 3 N–H and O–H groups in total. The first-order chi connectivity index (χ1) is 21.7. The molecule has 0 aliphatic carbocycles. The van der Waals surface area contributed by atoms with Gasteiger partial charge in [0.1, 0.15) is 0 Å². The van der Waals surface area contributed by atoms with Gasteiger partial charge < -0.3 is 15.4 Å². The molecule has 2 atom stereocenters. The van der Waals surface area contributed by atoms with Crippen molar-refractivity contribution in [2.45, 2.75) is 64.5 Å². The first-order valence-electron chi connectivity index (χ1n) is 14.7. The molecule has 0 spiro atoms. The summed E-state index contributed by atoms with van der Waals surface area (Å²) in [5, 5.41) is 2.32. The third-order valence-corrected chi connectivity index (χ3v) is 8.25. The number of anilines is 1. The molecule has 3 heterocycles. The van der Waals surface area contributed by atoms with Crippen LogP contribution in [0.1, 0.15) is 78.0 Å². The van der Waals surface area contributed by atoms with Crippen molar-refractivity contribution in [3.63, 3.8) is 0 Å². The number of aromatic nitrogens is 2. The highest BCUT2D eigenvalue weighted by Crippen LogP contribution is 2.42. The maximum atomic E-state index is 14.2. The summed E-state index contributed by atoms with van der Waals surface area (Å²) in [6, 6.07) is 11.5. The summed E-state index contributed by atoms with van der Waals surface area (Å²) in [4.78, 5) is 54.8. The molecule has 5 rings (SSSR count). The van der Waals surface area contributed by atoms with Crippen molar-refractivity contribution in [3.05, 3.63) is 88.2 Å². The zero-order valence-corrected chi connectivity index (χ0v) is 25.8. The van der Waals surface area contributed by atoms with Crippen LogP contribution in [0.15, 0.2) is 59.7 Å². The van der Waals surface area contributed by atoms with E-state index in [0.29, 0.717) is 29.7 Å². The van der Waals surface area contributed by atoms with Crippen LogP contribution in [-0.2, 0) is 34.3 Å². The first kappa shape index (κ1) is 32.4. The second-order valence-corrected chi connectivity index (χ2v) is 11.7. The molecule has 2 aliphatic heterocycles. The third kappa shape index (κ3) is 6.11. The zero-order valence-electron chi connectivity index (χ0n) is 25.8. The van der Waals surface area contributed by atoms with Gasteiger partial charge in [-0.05, 0) is 48.9 Å². The first-order valence-corrected chi connectivity index (χ1v) is 14.7. The number of amides is 3. The molecule has 0 fully saturated rings. The lowest BCUT2D eigenvalue weighted by molar-refractivity contribution is -0.138. The number of benzene rings is 2. The number of carbonyl (C=O) groups is 3. The molecule has 46 heavy (non-hydrogen) atoms. The molecule has 1 aromatic heterocycles. The van der Waals surface area contributed by atoms with Gasteiger partial charge in [-0.15, -0.1) is 0 Å². The largest absolute Gasteiger partial charge is 0.453 e. The van der Waals surface area contributed by atoms with Gasteiger partial charge in [-0.25, -0.2) is 19.8 Å². The molecule has 3 aromatic rings. The van der Waals surface area contributed by atoms with Crippen LogP contribution in [0.3, 0.4) is 0 Å². The van der Waals surface area contributed by atoms with E-state index in [-0.39, 0.29) is 42.4 Å². The summed E-state index contributed by atoms with van der Waals surface area (Å²) in [6.07, 6.45) is -3.16. The Balaban J connectivity index is 1.46. The Bertz CT molecular complexity index is 1700. The van der Waals surface area contributed by atoms with Gasteiger partial charge in [-0.1, -0.05) is 50.2 Å². The van der Waals surface area contributed by atoms with Crippen molar-refractivity contribution >= 4 is 29.8 Å². The van der Waals surface area contributed by atoms with Crippen LogP contribution in [0.2, 0.25) is 0 Å². The van der Waals surface area contributed by atoms with E-state index < -0.39 is 40.9 Å². The third-order valence-electron chi connectivity index (χ3n) is 8.25. The van der Waals surface area contributed by atoms with Crippen molar-refractivity contribution in [1.29, 1.82) is 0 Å². The fourth-order valence-electron chi connectivity index (χ4n) is 5.75. The fraction of sp³-hybridized carbons (Fsp3) is 0.375. The van der Waals surface area contributed by atoms with Gasteiger partial charge in [-0.2, -0.15) is 13.2 Å². The van der Waals surface area contributed by atoms with E-state index in [0.717, 1.165) is 12.1 Å². The number of halogens is 3. The fourth-order valence-corrected chi connectivity index (χ4v) is 5.75. The predicted molar refractivity (Wildman–Crippen MR) is 162 cm³/mol. The molecule has 2 aromatic carbocycles. The van der Waals surface area contributed by atoms with Crippen LogP contribution in [0.4, 0.5) is 23.9 Å². The number of carbonyl (C=O) groups excluding carboxylic acids is 3.